The highest BCUT2D eigenvalue weighted by Crippen LogP contribution is 2.25. The van der Waals surface area contributed by atoms with E-state index in [-0.39, 0.29) is 0 Å². The van der Waals surface area contributed by atoms with Crippen molar-refractivity contribution in [2.75, 3.05) is 11.9 Å². The van der Waals surface area contributed by atoms with Crippen LogP contribution in [0.2, 0.25) is 0 Å². The summed E-state index contributed by atoms with van der Waals surface area (Å²) in [5.41, 5.74) is 3.14. The summed E-state index contributed by atoms with van der Waals surface area (Å²) in [6.45, 7) is 3.57. The molecule has 21 heavy (non-hydrogen) atoms. The lowest BCUT2D eigenvalue weighted by atomic mass is 10.2. The Morgan fingerprint density at radius 1 is 1.19 bits per heavy atom. The van der Waals surface area contributed by atoms with Gasteiger partial charge in [-0.25, -0.2) is 4.98 Å². The molecule has 0 aliphatic heterocycles. The van der Waals surface area contributed by atoms with E-state index >= 15 is 0 Å². The number of benzene rings is 1. The quantitative estimate of drug-likeness (QED) is 0.719. The van der Waals surface area contributed by atoms with Gasteiger partial charge in [0.2, 0.25) is 0 Å². The topological polar surface area (TPSA) is 49.9 Å². The Morgan fingerprint density at radius 3 is 3.00 bits per heavy atom. The molecule has 0 atom stereocenters. The Morgan fingerprint density at radius 2 is 2.10 bits per heavy atom. The number of aromatic amines is 1. The number of fused-ring (bicyclic) bond motifs is 1. The first-order chi connectivity index (χ1) is 10.4. The van der Waals surface area contributed by atoms with Crippen LogP contribution in [0.3, 0.4) is 0 Å². The number of hydrogen-bond donors (Lipinski definition) is 2. The third-order valence-electron chi connectivity index (χ3n) is 3.35. The monoisotopic (exact) mass is 281 g/mol. The zero-order chi connectivity index (χ0) is 14.5. The fraction of sp³-hybridized carbons (Fsp3) is 0.235. The molecule has 3 aromatic rings. The summed E-state index contributed by atoms with van der Waals surface area (Å²) < 4.78 is 5.76. The molecule has 4 nitrogen and oxygen atoms in total. The van der Waals surface area contributed by atoms with Crippen molar-refractivity contribution in [3.63, 3.8) is 0 Å². The van der Waals surface area contributed by atoms with Gasteiger partial charge in [0.1, 0.15) is 11.4 Å². The van der Waals surface area contributed by atoms with Crippen LogP contribution in [-0.2, 0) is 6.54 Å². The molecule has 2 heterocycles. The van der Waals surface area contributed by atoms with Crippen LogP contribution in [-0.4, -0.2) is 16.6 Å². The fourth-order valence-electron chi connectivity index (χ4n) is 2.30. The number of pyridine rings is 1. The number of aromatic nitrogens is 2. The maximum atomic E-state index is 5.76. The molecule has 108 valence electrons. The van der Waals surface area contributed by atoms with Crippen LogP contribution >= 0.6 is 0 Å². The first-order valence-corrected chi connectivity index (χ1v) is 7.25. The summed E-state index contributed by atoms with van der Waals surface area (Å²) in [5.74, 6) is 0.900. The minimum Gasteiger partial charge on any atom is -0.491 e. The SMILES string of the molecule is CCCOc1ccccc1NCc1c[nH]c2ncccc12. The van der Waals surface area contributed by atoms with Crippen LogP contribution in [0.5, 0.6) is 5.75 Å². The van der Waals surface area contributed by atoms with E-state index in [9.17, 15) is 0 Å². The first-order valence-electron chi connectivity index (χ1n) is 7.25. The van der Waals surface area contributed by atoms with Crippen LogP contribution in [0.4, 0.5) is 5.69 Å². The Labute approximate surface area is 124 Å². The van der Waals surface area contributed by atoms with Crippen molar-refractivity contribution in [2.24, 2.45) is 0 Å². The van der Waals surface area contributed by atoms with Crippen molar-refractivity contribution < 1.29 is 4.74 Å². The van der Waals surface area contributed by atoms with Crippen molar-refractivity contribution in [1.29, 1.82) is 0 Å². The normalized spacial score (nSPS) is 10.7. The predicted octanol–water partition coefficient (Wildman–Crippen LogP) is 3.96. The maximum absolute atomic E-state index is 5.76. The van der Waals surface area contributed by atoms with Crippen LogP contribution in [0.15, 0.2) is 48.8 Å². The van der Waals surface area contributed by atoms with E-state index in [2.05, 4.69) is 28.3 Å². The molecule has 2 N–H and O–H groups in total. The third-order valence-corrected chi connectivity index (χ3v) is 3.35. The van der Waals surface area contributed by atoms with Gasteiger partial charge in [-0.2, -0.15) is 0 Å². The second-order valence-corrected chi connectivity index (χ2v) is 4.91. The molecule has 0 unspecified atom stereocenters. The largest absolute Gasteiger partial charge is 0.491 e. The van der Waals surface area contributed by atoms with Gasteiger partial charge in [0.05, 0.1) is 12.3 Å². The number of H-pyrrole nitrogens is 1. The first kappa shape index (κ1) is 13.5. The Hall–Kier alpha value is -2.49. The summed E-state index contributed by atoms with van der Waals surface area (Å²) in [7, 11) is 0. The van der Waals surface area contributed by atoms with Gasteiger partial charge in [0.25, 0.3) is 0 Å². The van der Waals surface area contributed by atoms with E-state index in [4.69, 9.17) is 4.74 Å². The molecule has 2 aromatic heterocycles. The van der Waals surface area contributed by atoms with Crippen LogP contribution in [0, 0.1) is 0 Å². The molecular weight excluding hydrogens is 262 g/mol. The highest BCUT2D eigenvalue weighted by Gasteiger charge is 2.06. The Bertz CT molecular complexity index is 721. The predicted molar refractivity (Wildman–Crippen MR) is 85.6 cm³/mol. The zero-order valence-electron chi connectivity index (χ0n) is 12.1. The number of para-hydroxylation sites is 2. The van der Waals surface area contributed by atoms with Crippen molar-refractivity contribution in [2.45, 2.75) is 19.9 Å². The van der Waals surface area contributed by atoms with Crippen molar-refractivity contribution in [3.05, 3.63) is 54.4 Å². The van der Waals surface area contributed by atoms with E-state index in [1.54, 1.807) is 6.20 Å². The lowest BCUT2D eigenvalue weighted by Crippen LogP contribution is -2.03. The van der Waals surface area contributed by atoms with Gasteiger partial charge in [-0.1, -0.05) is 19.1 Å². The van der Waals surface area contributed by atoms with Gasteiger partial charge in [0.15, 0.2) is 0 Å². The smallest absolute Gasteiger partial charge is 0.142 e. The van der Waals surface area contributed by atoms with Crippen LogP contribution < -0.4 is 10.1 Å². The van der Waals surface area contributed by atoms with E-state index in [0.717, 1.165) is 42.0 Å². The maximum Gasteiger partial charge on any atom is 0.142 e. The Kier molecular flexibility index (Phi) is 4.05. The van der Waals surface area contributed by atoms with Crippen LogP contribution in [0.25, 0.3) is 11.0 Å². The molecule has 0 amide bonds. The molecule has 0 fully saturated rings. The molecule has 0 radical (unpaired) electrons. The molecule has 4 heteroatoms. The molecule has 0 bridgehead atoms. The zero-order valence-corrected chi connectivity index (χ0v) is 12.1. The molecule has 1 aromatic carbocycles. The molecule has 0 saturated heterocycles. The molecule has 3 rings (SSSR count). The number of rotatable bonds is 6. The average molecular weight is 281 g/mol. The molecular formula is C17H19N3O. The minimum atomic E-state index is 0.732. The third kappa shape index (κ3) is 2.99. The standard InChI is InChI=1S/C17H19N3O/c1-2-10-21-16-8-4-3-7-15(16)19-11-13-12-20-17-14(13)6-5-9-18-17/h3-9,12,19H,2,10-11H2,1H3,(H,18,20). The van der Waals surface area contributed by atoms with E-state index in [1.807, 2.05) is 36.5 Å². The van der Waals surface area contributed by atoms with Crippen molar-refractivity contribution in [1.82, 2.24) is 9.97 Å². The summed E-state index contributed by atoms with van der Waals surface area (Å²) in [4.78, 5) is 7.50. The lowest BCUT2D eigenvalue weighted by Gasteiger charge is -2.12. The second-order valence-electron chi connectivity index (χ2n) is 4.91. The van der Waals surface area contributed by atoms with E-state index in [1.165, 1.54) is 5.56 Å². The molecule has 0 aliphatic carbocycles. The highest BCUT2D eigenvalue weighted by atomic mass is 16.5. The molecule has 0 saturated carbocycles. The number of anilines is 1. The van der Waals surface area contributed by atoms with Gasteiger partial charge < -0.3 is 15.0 Å². The van der Waals surface area contributed by atoms with Gasteiger partial charge >= 0.3 is 0 Å². The van der Waals surface area contributed by atoms with Gasteiger partial charge in [0, 0.05) is 24.3 Å². The molecule has 0 spiro atoms. The van der Waals surface area contributed by atoms with Crippen molar-refractivity contribution >= 4 is 16.7 Å². The summed E-state index contributed by atoms with van der Waals surface area (Å²) in [6.07, 6.45) is 4.80. The second kappa shape index (κ2) is 6.31. The van der Waals surface area contributed by atoms with Gasteiger partial charge in [-0.3, -0.25) is 0 Å². The highest BCUT2D eigenvalue weighted by molar-refractivity contribution is 5.79. The van der Waals surface area contributed by atoms with E-state index < -0.39 is 0 Å². The number of nitrogens with one attached hydrogen (secondary N) is 2. The fourth-order valence-corrected chi connectivity index (χ4v) is 2.30. The molecule has 0 aliphatic rings. The lowest BCUT2D eigenvalue weighted by molar-refractivity contribution is 0.319. The summed E-state index contributed by atoms with van der Waals surface area (Å²) in [6, 6.07) is 12.1. The van der Waals surface area contributed by atoms with Crippen molar-refractivity contribution in [3.8, 4) is 5.75 Å². The van der Waals surface area contributed by atoms with Gasteiger partial charge in [-0.05, 0) is 36.2 Å². The number of ether oxygens (including phenoxy) is 1. The number of hydrogen-bond acceptors (Lipinski definition) is 3. The minimum absolute atomic E-state index is 0.732. The number of nitrogens with zero attached hydrogens (tertiary/aromatic N) is 1. The Balaban J connectivity index is 1.75. The van der Waals surface area contributed by atoms with E-state index in [0.29, 0.717) is 0 Å². The summed E-state index contributed by atoms with van der Waals surface area (Å²) in [5, 5.41) is 4.59. The summed E-state index contributed by atoms with van der Waals surface area (Å²) >= 11 is 0. The van der Waals surface area contributed by atoms with Crippen LogP contribution in [0.1, 0.15) is 18.9 Å². The average Bonchev–Trinajstić information content (AvgIpc) is 2.95. The van der Waals surface area contributed by atoms with Gasteiger partial charge in [-0.15, -0.1) is 0 Å².